The number of para-hydroxylation sites is 1. The van der Waals surface area contributed by atoms with E-state index >= 15 is 0 Å². The summed E-state index contributed by atoms with van der Waals surface area (Å²) >= 11 is 1.67. The van der Waals surface area contributed by atoms with Crippen LogP contribution in [-0.4, -0.2) is 54.7 Å². The minimum atomic E-state index is 0.0730. The molecule has 1 amide bonds. The summed E-state index contributed by atoms with van der Waals surface area (Å²) in [5.74, 6) is 0.728. The highest BCUT2D eigenvalue weighted by Crippen LogP contribution is 2.22. The van der Waals surface area contributed by atoms with Gasteiger partial charge in [-0.2, -0.15) is 0 Å². The van der Waals surface area contributed by atoms with Crippen LogP contribution in [0.1, 0.15) is 25.3 Å². The van der Waals surface area contributed by atoms with Gasteiger partial charge in [-0.1, -0.05) is 26.0 Å². The summed E-state index contributed by atoms with van der Waals surface area (Å²) < 4.78 is 6.96. The molecule has 1 atom stereocenters. The molecular weight excluding hydrogens is 334 g/mol. The Balaban J connectivity index is 1.40. The number of thiazole rings is 1. The second kappa shape index (κ2) is 8.74. The molecular formula is C19H27N3O2S. The van der Waals surface area contributed by atoms with Gasteiger partial charge in [-0.3, -0.25) is 9.69 Å². The number of nitrogens with zero attached hydrogens (tertiary/aromatic N) is 2. The Kier molecular flexibility index (Phi) is 6.39. The van der Waals surface area contributed by atoms with Crippen molar-refractivity contribution in [2.45, 2.75) is 32.8 Å². The van der Waals surface area contributed by atoms with Crippen LogP contribution in [0, 0.1) is 5.92 Å². The number of carbonyl (C=O) groups excluding carboxylic acids is 1. The fourth-order valence-corrected chi connectivity index (χ4v) is 4.12. The fraction of sp³-hybridized carbons (Fsp3) is 0.579. The maximum absolute atomic E-state index is 12.1. The molecule has 1 aromatic carbocycles. The first-order valence-corrected chi connectivity index (χ1v) is 9.87. The molecule has 0 aliphatic carbocycles. The quantitative estimate of drug-likeness (QED) is 0.824. The van der Waals surface area contributed by atoms with Gasteiger partial charge in [0.1, 0.15) is 0 Å². The highest BCUT2D eigenvalue weighted by Gasteiger charge is 2.21. The molecule has 136 valence electrons. The van der Waals surface area contributed by atoms with Gasteiger partial charge in [0.2, 0.25) is 5.91 Å². The average Bonchev–Trinajstić information content (AvgIpc) is 3.01. The van der Waals surface area contributed by atoms with Crippen LogP contribution in [0.3, 0.4) is 0 Å². The molecule has 1 aliphatic heterocycles. The second-order valence-corrected chi connectivity index (χ2v) is 8.14. The van der Waals surface area contributed by atoms with Crippen molar-refractivity contribution in [2.24, 2.45) is 5.92 Å². The predicted molar refractivity (Wildman–Crippen MR) is 102 cm³/mol. The Morgan fingerprint density at radius 3 is 3.08 bits per heavy atom. The third kappa shape index (κ3) is 5.49. The first-order valence-electron chi connectivity index (χ1n) is 9.05. The number of rotatable bonds is 7. The minimum Gasteiger partial charge on any atom is -0.374 e. The van der Waals surface area contributed by atoms with Crippen molar-refractivity contribution >= 4 is 27.5 Å². The molecule has 1 aromatic heterocycles. The predicted octanol–water partition coefficient (Wildman–Crippen LogP) is 2.70. The highest BCUT2D eigenvalue weighted by atomic mass is 32.1. The molecule has 1 saturated heterocycles. The van der Waals surface area contributed by atoms with Crippen LogP contribution in [0.4, 0.5) is 0 Å². The topological polar surface area (TPSA) is 54.5 Å². The number of hydrogen-bond donors (Lipinski definition) is 1. The number of ether oxygens (including phenoxy) is 1. The average molecular weight is 362 g/mol. The largest absolute Gasteiger partial charge is 0.374 e. The molecule has 3 rings (SSSR count). The molecule has 1 aliphatic rings. The smallest absolute Gasteiger partial charge is 0.220 e. The van der Waals surface area contributed by atoms with Gasteiger partial charge in [-0.25, -0.2) is 4.98 Å². The lowest BCUT2D eigenvalue weighted by Crippen LogP contribution is -2.48. The summed E-state index contributed by atoms with van der Waals surface area (Å²) in [5.41, 5.74) is 1.02. The van der Waals surface area contributed by atoms with E-state index in [1.807, 2.05) is 18.2 Å². The molecule has 1 fully saturated rings. The van der Waals surface area contributed by atoms with Crippen molar-refractivity contribution < 1.29 is 9.53 Å². The number of amides is 1. The first-order chi connectivity index (χ1) is 12.1. The van der Waals surface area contributed by atoms with E-state index in [9.17, 15) is 4.79 Å². The number of aromatic nitrogens is 1. The standard InChI is InChI=1S/C19H27N3O2S/c1-14(2)12-22-9-10-24-15(13-22)11-20-18(23)7-8-19-21-16-5-3-4-6-17(16)25-19/h3-6,14-15H,7-13H2,1-2H3,(H,20,23)/t15-/m0/s1. The number of benzene rings is 1. The molecule has 1 N–H and O–H groups in total. The molecule has 25 heavy (non-hydrogen) atoms. The SMILES string of the molecule is CC(C)CN1CCO[C@@H](CNC(=O)CCc2nc3ccccc3s2)C1. The Morgan fingerprint density at radius 1 is 1.44 bits per heavy atom. The summed E-state index contributed by atoms with van der Waals surface area (Å²) in [6.45, 7) is 8.77. The lowest BCUT2D eigenvalue weighted by molar-refractivity contribution is -0.122. The summed E-state index contributed by atoms with van der Waals surface area (Å²) in [5, 5.41) is 4.04. The van der Waals surface area contributed by atoms with E-state index < -0.39 is 0 Å². The monoisotopic (exact) mass is 361 g/mol. The Labute approximate surface area is 153 Å². The number of carbonyl (C=O) groups is 1. The zero-order chi connectivity index (χ0) is 17.6. The van der Waals surface area contributed by atoms with Gasteiger partial charge < -0.3 is 10.1 Å². The summed E-state index contributed by atoms with van der Waals surface area (Å²) in [7, 11) is 0. The maximum Gasteiger partial charge on any atom is 0.220 e. The third-order valence-corrected chi connectivity index (χ3v) is 5.37. The molecule has 0 spiro atoms. The molecule has 0 unspecified atom stereocenters. The van der Waals surface area contributed by atoms with Crippen LogP contribution in [0.25, 0.3) is 10.2 Å². The van der Waals surface area contributed by atoms with Crippen molar-refractivity contribution in [1.82, 2.24) is 15.2 Å². The van der Waals surface area contributed by atoms with Gasteiger partial charge in [0.25, 0.3) is 0 Å². The minimum absolute atomic E-state index is 0.0730. The van der Waals surface area contributed by atoms with Crippen molar-refractivity contribution in [3.05, 3.63) is 29.3 Å². The van der Waals surface area contributed by atoms with E-state index in [1.165, 1.54) is 4.70 Å². The molecule has 0 radical (unpaired) electrons. The zero-order valence-corrected chi connectivity index (χ0v) is 15.8. The van der Waals surface area contributed by atoms with Gasteiger partial charge in [0.15, 0.2) is 0 Å². The fourth-order valence-electron chi connectivity index (χ4n) is 3.15. The van der Waals surface area contributed by atoms with Gasteiger partial charge >= 0.3 is 0 Å². The van der Waals surface area contributed by atoms with E-state index in [4.69, 9.17) is 4.74 Å². The molecule has 2 heterocycles. The van der Waals surface area contributed by atoms with Crippen molar-refractivity contribution in [1.29, 1.82) is 0 Å². The van der Waals surface area contributed by atoms with E-state index in [0.29, 0.717) is 25.3 Å². The van der Waals surface area contributed by atoms with Crippen LogP contribution in [0.2, 0.25) is 0 Å². The Hall–Kier alpha value is -1.50. The number of nitrogens with one attached hydrogen (secondary N) is 1. The normalized spacial score (nSPS) is 18.8. The highest BCUT2D eigenvalue weighted by molar-refractivity contribution is 7.18. The Morgan fingerprint density at radius 2 is 2.28 bits per heavy atom. The molecule has 5 nitrogen and oxygen atoms in total. The first kappa shape index (κ1) is 18.3. The van der Waals surface area contributed by atoms with Crippen LogP contribution in [0.5, 0.6) is 0 Å². The number of morpholine rings is 1. The number of fused-ring (bicyclic) bond motifs is 1. The van der Waals surface area contributed by atoms with Crippen LogP contribution >= 0.6 is 11.3 Å². The van der Waals surface area contributed by atoms with Crippen molar-refractivity contribution in [3.63, 3.8) is 0 Å². The number of hydrogen-bond acceptors (Lipinski definition) is 5. The molecule has 0 bridgehead atoms. The lowest BCUT2D eigenvalue weighted by atomic mass is 10.2. The molecule has 2 aromatic rings. The lowest BCUT2D eigenvalue weighted by Gasteiger charge is -2.33. The van der Waals surface area contributed by atoms with E-state index in [0.717, 1.165) is 36.8 Å². The van der Waals surface area contributed by atoms with Gasteiger partial charge in [0.05, 0.1) is 27.9 Å². The summed E-state index contributed by atoms with van der Waals surface area (Å²) in [4.78, 5) is 19.1. The second-order valence-electron chi connectivity index (χ2n) is 7.03. The van der Waals surface area contributed by atoms with E-state index in [2.05, 4.69) is 35.1 Å². The van der Waals surface area contributed by atoms with Crippen LogP contribution < -0.4 is 5.32 Å². The number of aryl methyl sites for hydroxylation is 1. The molecule has 0 saturated carbocycles. The van der Waals surface area contributed by atoms with E-state index in [1.54, 1.807) is 11.3 Å². The van der Waals surface area contributed by atoms with Crippen LogP contribution in [-0.2, 0) is 16.0 Å². The van der Waals surface area contributed by atoms with Gasteiger partial charge in [-0.15, -0.1) is 11.3 Å². The van der Waals surface area contributed by atoms with Gasteiger partial charge in [0, 0.05) is 39.0 Å². The van der Waals surface area contributed by atoms with Crippen molar-refractivity contribution in [3.8, 4) is 0 Å². The van der Waals surface area contributed by atoms with Gasteiger partial charge in [-0.05, 0) is 18.1 Å². The third-order valence-electron chi connectivity index (χ3n) is 4.28. The van der Waals surface area contributed by atoms with Crippen molar-refractivity contribution in [2.75, 3.05) is 32.8 Å². The Bertz CT molecular complexity index is 668. The van der Waals surface area contributed by atoms with Crippen LogP contribution in [0.15, 0.2) is 24.3 Å². The summed E-state index contributed by atoms with van der Waals surface area (Å²) in [6.07, 6.45) is 1.26. The zero-order valence-electron chi connectivity index (χ0n) is 15.0. The molecule has 6 heteroatoms. The van der Waals surface area contributed by atoms with E-state index in [-0.39, 0.29) is 12.0 Å². The maximum atomic E-state index is 12.1. The summed E-state index contributed by atoms with van der Waals surface area (Å²) in [6, 6.07) is 8.09.